The molecule has 0 amide bonds. The summed E-state index contributed by atoms with van der Waals surface area (Å²) in [6.45, 7) is -1.74. The molecule has 2 aromatic rings. The van der Waals surface area contributed by atoms with Crippen LogP contribution in [0, 0.1) is 0 Å². The molecule has 0 bridgehead atoms. The number of ether oxygens (including phenoxy) is 1. The predicted octanol–water partition coefficient (Wildman–Crippen LogP) is 1.41. The van der Waals surface area contributed by atoms with E-state index in [1.165, 1.54) is 23.5 Å². The van der Waals surface area contributed by atoms with Crippen LogP contribution >= 0.6 is 34.5 Å². The number of carbonyl (C=O) groups excluding carboxylic acids is 1. The van der Waals surface area contributed by atoms with Gasteiger partial charge < -0.3 is 30.9 Å². The van der Waals surface area contributed by atoms with Crippen molar-refractivity contribution >= 4 is 46.3 Å². The van der Waals surface area contributed by atoms with Crippen LogP contribution in [0.4, 0.5) is 0 Å². The molecule has 8 nitrogen and oxygen atoms in total. The van der Waals surface area contributed by atoms with Crippen molar-refractivity contribution in [2.45, 2.75) is 5.54 Å². The van der Waals surface area contributed by atoms with Crippen LogP contribution < -0.4 is 10.5 Å². The minimum absolute atomic E-state index is 0.0234. The third-order valence-electron chi connectivity index (χ3n) is 3.33. The van der Waals surface area contributed by atoms with E-state index in [0.29, 0.717) is 4.88 Å². The third kappa shape index (κ3) is 6.71. The van der Waals surface area contributed by atoms with Gasteiger partial charge in [0.15, 0.2) is 6.61 Å². The highest BCUT2D eigenvalue weighted by atomic mass is 35.5. The summed E-state index contributed by atoms with van der Waals surface area (Å²) in [4.78, 5) is 23.2. The highest BCUT2D eigenvalue weighted by Gasteiger charge is 2.21. The SMILES string of the molecule is NC(CO)(CO)CO.O=C(O)COc1ccc(C(=O)c2cccs2)c(Cl)c1Cl. The zero-order valence-corrected chi connectivity index (χ0v) is 16.8. The quantitative estimate of drug-likeness (QED) is 0.378. The Morgan fingerprint density at radius 2 is 1.68 bits per heavy atom. The molecule has 0 saturated carbocycles. The number of hydrogen-bond donors (Lipinski definition) is 5. The number of halogens is 2. The average Bonchev–Trinajstić information content (AvgIpc) is 3.23. The van der Waals surface area contributed by atoms with Crippen LogP contribution in [0.3, 0.4) is 0 Å². The lowest BCUT2D eigenvalue weighted by atomic mass is 10.1. The van der Waals surface area contributed by atoms with Crippen LogP contribution in [-0.2, 0) is 4.79 Å². The predicted molar refractivity (Wildman–Crippen MR) is 106 cm³/mol. The number of nitrogens with two attached hydrogens (primary N) is 1. The zero-order chi connectivity index (χ0) is 21.3. The maximum atomic E-state index is 12.2. The van der Waals surface area contributed by atoms with Gasteiger partial charge in [-0.25, -0.2) is 4.79 Å². The van der Waals surface area contributed by atoms with E-state index < -0.39 is 37.9 Å². The number of benzene rings is 1. The molecule has 0 aliphatic carbocycles. The Labute approximate surface area is 174 Å². The van der Waals surface area contributed by atoms with Crippen LogP contribution in [0.15, 0.2) is 29.6 Å². The number of hydrogen-bond acceptors (Lipinski definition) is 8. The minimum atomic E-state index is -1.21. The van der Waals surface area contributed by atoms with E-state index in [0.717, 1.165) is 0 Å². The summed E-state index contributed by atoms with van der Waals surface area (Å²) in [6.07, 6.45) is 0. The van der Waals surface area contributed by atoms with Crippen molar-refractivity contribution in [3.05, 3.63) is 50.1 Å². The summed E-state index contributed by atoms with van der Waals surface area (Å²) >= 11 is 13.3. The number of thiophene rings is 1. The Bertz CT molecular complexity index is 787. The number of ketones is 1. The van der Waals surface area contributed by atoms with Crippen LogP contribution in [0.2, 0.25) is 10.0 Å². The van der Waals surface area contributed by atoms with Gasteiger partial charge in [0, 0.05) is 5.56 Å². The van der Waals surface area contributed by atoms with Gasteiger partial charge in [-0.1, -0.05) is 29.3 Å². The van der Waals surface area contributed by atoms with Gasteiger partial charge >= 0.3 is 5.97 Å². The molecule has 0 saturated heterocycles. The first-order chi connectivity index (χ1) is 13.2. The molecule has 154 valence electrons. The Morgan fingerprint density at radius 1 is 1.07 bits per heavy atom. The number of aliphatic hydroxyl groups excluding tert-OH is 3. The van der Waals surface area contributed by atoms with Crippen molar-refractivity contribution < 1.29 is 34.8 Å². The Hall–Kier alpha value is -1.72. The molecule has 0 unspecified atom stereocenters. The summed E-state index contributed by atoms with van der Waals surface area (Å²) < 4.78 is 4.98. The summed E-state index contributed by atoms with van der Waals surface area (Å²) in [6, 6.07) is 6.34. The van der Waals surface area contributed by atoms with Gasteiger partial charge in [-0.05, 0) is 23.6 Å². The number of carbonyl (C=O) groups is 2. The second kappa shape index (κ2) is 11.3. The molecule has 1 aromatic heterocycles. The lowest BCUT2D eigenvalue weighted by Gasteiger charge is -2.20. The van der Waals surface area contributed by atoms with Crippen molar-refractivity contribution in [1.29, 1.82) is 0 Å². The zero-order valence-electron chi connectivity index (χ0n) is 14.5. The molecule has 1 aromatic carbocycles. The number of carboxylic acids is 1. The van der Waals surface area contributed by atoms with Crippen LogP contribution in [-0.4, -0.2) is 64.1 Å². The molecule has 0 atom stereocenters. The van der Waals surface area contributed by atoms with Crippen molar-refractivity contribution in [1.82, 2.24) is 0 Å². The second-order valence-electron chi connectivity index (χ2n) is 5.56. The first-order valence-electron chi connectivity index (χ1n) is 7.71. The summed E-state index contributed by atoms with van der Waals surface area (Å²) in [5.74, 6) is -1.24. The van der Waals surface area contributed by atoms with Gasteiger partial charge in [-0.2, -0.15) is 0 Å². The van der Waals surface area contributed by atoms with E-state index in [4.69, 9.17) is 54.1 Å². The van der Waals surface area contributed by atoms with Crippen molar-refractivity contribution in [3.63, 3.8) is 0 Å². The second-order valence-corrected chi connectivity index (χ2v) is 7.27. The van der Waals surface area contributed by atoms with Gasteiger partial charge in [0.2, 0.25) is 5.78 Å². The maximum absolute atomic E-state index is 12.2. The first kappa shape index (κ1) is 24.3. The molecule has 1 heterocycles. The maximum Gasteiger partial charge on any atom is 0.341 e. The molecular weight excluding hydrogens is 433 g/mol. The van der Waals surface area contributed by atoms with Gasteiger partial charge in [0.1, 0.15) is 10.8 Å². The fraction of sp³-hybridized carbons (Fsp3) is 0.294. The highest BCUT2D eigenvalue weighted by Crippen LogP contribution is 2.36. The summed E-state index contributed by atoms with van der Waals surface area (Å²) in [5.41, 5.74) is 4.19. The molecular formula is C17H19Cl2NO7S. The lowest BCUT2D eigenvalue weighted by molar-refractivity contribution is -0.139. The Kier molecular flexibility index (Phi) is 9.83. The molecule has 0 aliphatic rings. The highest BCUT2D eigenvalue weighted by molar-refractivity contribution is 7.12. The van der Waals surface area contributed by atoms with E-state index in [2.05, 4.69) is 0 Å². The topological polar surface area (TPSA) is 150 Å². The first-order valence-corrected chi connectivity index (χ1v) is 9.35. The number of rotatable bonds is 8. The van der Waals surface area contributed by atoms with E-state index >= 15 is 0 Å². The van der Waals surface area contributed by atoms with Gasteiger partial charge in [-0.3, -0.25) is 4.79 Å². The van der Waals surface area contributed by atoms with Gasteiger partial charge in [0.25, 0.3) is 0 Å². The summed E-state index contributed by atoms with van der Waals surface area (Å²) in [7, 11) is 0. The monoisotopic (exact) mass is 451 g/mol. The normalized spacial score (nSPS) is 10.8. The van der Waals surface area contributed by atoms with E-state index in [1.54, 1.807) is 17.5 Å². The van der Waals surface area contributed by atoms with Crippen LogP contribution in [0.1, 0.15) is 15.2 Å². The van der Waals surface area contributed by atoms with Gasteiger partial charge in [-0.15, -0.1) is 11.3 Å². The minimum Gasteiger partial charge on any atom is -0.480 e. The standard InChI is InChI=1S/C13H8Cl2O4S.C4H11NO3/c14-11-7(13(18)9-2-1-5-20-9)3-4-8(12(11)15)19-6-10(16)17;5-4(1-6,2-7)3-8/h1-5H,6H2,(H,16,17);6-8H,1-3,5H2. The number of aliphatic carboxylic acids is 1. The average molecular weight is 452 g/mol. The Morgan fingerprint density at radius 3 is 2.11 bits per heavy atom. The van der Waals surface area contributed by atoms with Gasteiger partial charge in [0.05, 0.1) is 35.3 Å². The van der Waals surface area contributed by atoms with Crippen LogP contribution in [0.25, 0.3) is 0 Å². The largest absolute Gasteiger partial charge is 0.480 e. The molecule has 28 heavy (non-hydrogen) atoms. The van der Waals surface area contributed by atoms with Crippen LogP contribution in [0.5, 0.6) is 5.75 Å². The van der Waals surface area contributed by atoms with E-state index in [1.807, 2.05) is 0 Å². The fourth-order valence-electron chi connectivity index (χ4n) is 1.65. The fourth-order valence-corrected chi connectivity index (χ4v) is 2.79. The van der Waals surface area contributed by atoms with E-state index in [9.17, 15) is 9.59 Å². The molecule has 6 N–H and O–H groups in total. The van der Waals surface area contributed by atoms with E-state index in [-0.39, 0.29) is 27.1 Å². The smallest absolute Gasteiger partial charge is 0.341 e. The molecule has 0 fully saturated rings. The number of carboxylic acid groups (broad SMARTS) is 1. The molecule has 11 heteroatoms. The number of aliphatic hydroxyl groups is 3. The molecule has 0 spiro atoms. The lowest BCUT2D eigenvalue weighted by Crippen LogP contribution is -2.50. The molecule has 0 radical (unpaired) electrons. The molecule has 2 rings (SSSR count). The molecule has 0 aliphatic heterocycles. The van der Waals surface area contributed by atoms with Crippen molar-refractivity contribution in [3.8, 4) is 5.75 Å². The Balaban J connectivity index is 0.000000416. The summed E-state index contributed by atoms with van der Waals surface area (Å²) in [5, 5.41) is 35.4. The van der Waals surface area contributed by atoms with Crippen molar-refractivity contribution in [2.75, 3.05) is 26.4 Å². The third-order valence-corrected chi connectivity index (χ3v) is 5.07. The van der Waals surface area contributed by atoms with Crippen molar-refractivity contribution in [2.24, 2.45) is 5.73 Å².